The van der Waals surface area contributed by atoms with Crippen LogP contribution in [-0.4, -0.2) is 28.7 Å². The Bertz CT molecular complexity index is 847. The van der Waals surface area contributed by atoms with Gasteiger partial charge in [0, 0.05) is 11.8 Å². The molecular formula is C27H36O3. The summed E-state index contributed by atoms with van der Waals surface area (Å²) in [6, 6.07) is 0. The lowest BCUT2D eigenvalue weighted by atomic mass is 9.63. The van der Waals surface area contributed by atoms with Crippen molar-refractivity contribution in [3.63, 3.8) is 0 Å². The molecule has 3 unspecified atom stereocenters. The Morgan fingerprint density at radius 1 is 0.833 bits per heavy atom. The molecule has 2 aliphatic rings. The Labute approximate surface area is 181 Å². The number of carbonyl (C=O) groups is 1. The standard InChI is InChI=1S/C27H36O3/c1-21(11-7-8-12-22(2)15-10-18-28)13-9-14-23(3)16-17-27-25(4,5)19-24(29)20-26(27,6)30-27/h7-18,24,29H,19-20H2,1-6H3. The molecule has 3 nitrogen and oxygen atoms in total. The minimum absolute atomic E-state index is 0.0898. The smallest absolute Gasteiger partial charge is 0.142 e. The van der Waals surface area contributed by atoms with Crippen LogP contribution in [0.15, 0.2) is 83.6 Å². The van der Waals surface area contributed by atoms with Crippen LogP contribution in [0, 0.1) is 5.41 Å². The number of aldehydes is 1. The van der Waals surface area contributed by atoms with Gasteiger partial charge < -0.3 is 9.84 Å². The molecule has 1 saturated heterocycles. The zero-order valence-corrected chi connectivity index (χ0v) is 19.2. The van der Waals surface area contributed by atoms with Gasteiger partial charge in [-0.15, -0.1) is 0 Å². The van der Waals surface area contributed by atoms with E-state index in [1.165, 1.54) is 6.08 Å². The van der Waals surface area contributed by atoms with E-state index in [1.54, 1.807) is 6.08 Å². The van der Waals surface area contributed by atoms with Crippen LogP contribution in [0.1, 0.15) is 54.4 Å². The minimum Gasteiger partial charge on any atom is -0.393 e. The topological polar surface area (TPSA) is 49.8 Å². The van der Waals surface area contributed by atoms with Gasteiger partial charge in [-0.1, -0.05) is 85.3 Å². The summed E-state index contributed by atoms with van der Waals surface area (Å²) >= 11 is 0. The third kappa shape index (κ3) is 5.68. The first-order chi connectivity index (χ1) is 14.1. The molecule has 1 N–H and O–H groups in total. The van der Waals surface area contributed by atoms with E-state index in [2.05, 4.69) is 58.9 Å². The monoisotopic (exact) mass is 408 g/mol. The molecule has 3 heteroatoms. The van der Waals surface area contributed by atoms with Crippen molar-refractivity contribution in [3.8, 4) is 0 Å². The fourth-order valence-corrected chi connectivity index (χ4v) is 4.45. The lowest BCUT2D eigenvalue weighted by Gasteiger charge is -2.39. The molecule has 2 fully saturated rings. The summed E-state index contributed by atoms with van der Waals surface area (Å²) in [5, 5.41) is 10.2. The van der Waals surface area contributed by atoms with E-state index in [0.29, 0.717) is 6.42 Å². The first-order valence-corrected chi connectivity index (χ1v) is 10.6. The van der Waals surface area contributed by atoms with Gasteiger partial charge in [-0.3, -0.25) is 4.79 Å². The predicted molar refractivity (Wildman–Crippen MR) is 125 cm³/mol. The van der Waals surface area contributed by atoms with Gasteiger partial charge >= 0.3 is 0 Å². The van der Waals surface area contributed by atoms with E-state index in [0.717, 1.165) is 29.4 Å². The van der Waals surface area contributed by atoms with Crippen molar-refractivity contribution in [2.24, 2.45) is 5.41 Å². The molecule has 0 aromatic rings. The molecule has 0 aromatic carbocycles. The van der Waals surface area contributed by atoms with Gasteiger partial charge in [0.2, 0.25) is 0 Å². The number of aliphatic hydroxyl groups is 1. The SMILES string of the molecule is CC(C=CC=O)=CC=CC=C(C)C=CC=C(C)C=CC12OC1(C)CC(O)CC2(C)C. The second kappa shape index (κ2) is 9.72. The molecule has 0 aromatic heterocycles. The van der Waals surface area contributed by atoms with Gasteiger partial charge in [-0.25, -0.2) is 0 Å². The van der Waals surface area contributed by atoms with E-state index in [4.69, 9.17) is 4.74 Å². The maximum atomic E-state index is 10.3. The summed E-state index contributed by atoms with van der Waals surface area (Å²) in [6.45, 7) is 12.6. The van der Waals surface area contributed by atoms with Crippen molar-refractivity contribution in [1.29, 1.82) is 0 Å². The lowest BCUT2D eigenvalue weighted by Crippen LogP contribution is -2.46. The van der Waals surface area contributed by atoms with Crippen molar-refractivity contribution in [2.45, 2.75) is 71.7 Å². The quantitative estimate of drug-likeness (QED) is 0.233. The molecule has 0 bridgehead atoms. The van der Waals surface area contributed by atoms with Crippen LogP contribution in [0.3, 0.4) is 0 Å². The van der Waals surface area contributed by atoms with Crippen molar-refractivity contribution in [1.82, 2.24) is 0 Å². The molecule has 1 heterocycles. The molecular weight excluding hydrogens is 372 g/mol. The van der Waals surface area contributed by atoms with Gasteiger partial charge in [0.25, 0.3) is 0 Å². The van der Waals surface area contributed by atoms with Crippen LogP contribution in [0.5, 0.6) is 0 Å². The average molecular weight is 409 g/mol. The molecule has 162 valence electrons. The Morgan fingerprint density at radius 3 is 1.93 bits per heavy atom. The molecule has 30 heavy (non-hydrogen) atoms. The highest BCUT2D eigenvalue weighted by Gasteiger charge is 2.74. The van der Waals surface area contributed by atoms with Gasteiger partial charge in [0.15, 0.2) is 0 Å². The number of aliphatic hydroxyl groups excluding tert-OH is 1. The van der Waals surface area contributed by atoms with E-state index in [-0.39, 0.29) is 22.7 Å². The molecule has 1 saturated carbocycles. The third-order valence-electron chi connectivity index (χ3n) is 6.07. The van der Waals surface area contributed by atoms with Gasteiger partial charge in [-0.2, -0.15) is 0 Å². The largest absolute Gasteiger partial charge is 0.393 e. The number of fused-ring (bicyclic) bond motifs is 1. The lowest BCUT2D eigenvalue weighted by molar-refractivity contribution is -0.104. The van der Waals surface area contributed by atoms with Gasteiger partial charge in [0.05, 0.1) is 6.10 Å². The maximum absolute atomic E-state index is 10.3. The zero-order chi connectivity index (χ0) is 22.4. The first-order valence-electron chi connectivity index (χ1n) is 10.6. The number of carbonyl (C=O) groups excluding carboxylic acids is 1. The fraction of sp³-hybridized carbons (Fsp3) is 0.444. The van der Waals surface area contributed by atoms with E-state index in [9.17, 15) is 9.90 Å². The van der Waals surface area contributed by atoms with Crippen LogP contribution in [-0.2, 0) is 9.53 Å². The van der Waals surface area contributed by atoms with Crippen molar-refractivity contribution >= 4 is 6.29 Å². The van der Waals surface area contributed by atoms with Crippen molar-refractivity contribution < 1.29 is 14.6 Å². The second-order valence-electron chi connectivity index (χ2n) is 9.32. The Morgan fingerprint density at radius 2 is 1.37 bits per heavy atom. The van der Waals surface area contributed by atoms with E-state index < -0.39 is 0 Å². The number of epoxide rings is 1. The maximum Gasteiger partial charge on any atom is 0.142 e. The Kier molecular flexibility index (Phi) is 7.79. The van der Waals surface area contributed by atoms with Crippen molar-refractivity contribution in [3.05, 3.63) is 83.6 Å². The molecule has 0 amide bonds. The van der Waals surface area contributed by atoms with E-state index in [1.807, 2.05) is 37.3 Å². The van der Waals surface area contributed by atoms with Crippen LogP contribution in [0.2, 0.25) is 0 Å². The number of hydrogen-bond donors (Lipinski definition) is 1. The van der Waals surface area contributed by atoms with Crippen LogP contribution in [0.4, 0.5) is 0 Å². The summed E-state index contributed by atoms with van der Waals surface area (Å²) in [5.41, 5.74) is 2.69. The van der Waals surface area contributed by atoms with Gasteiger partial charge in [0.1, 0.15) is 17.5 Å². The fourth-order valence-electron chi connectivity index (χ4n) is 4.45. The molecule has 2 rings (SSSR count). The highest BCUT2D eigenvalue weighted by Crippen LogP contribution is 2.66. The normalized spacial score (nSPS) is 32.5. The first kappa shape index (κ1) is 24.0. The summed E-state index contributed by atoms with van der Waals surface area (Å²) in [6.07, 6.45) is 23.7. The summed E-state index contributed by atoms with van der Waals surface area (Å²) in [5.74, 6) is 0. The van der Waals surface area contributed by atoms with Crippen molar-refractivity contribution in [2.75, 3.05) is 0 Å². The molecule has 3 atom stereocenters. The molecule has 0 spiro atoms. The Balaban J connectivity index is 1.96. The second-order valence-corrected chi connectivity index (χ2v) is 9.32. The molecule has 1 aliphatic carbocycles. The summed E-state index contributed by atoms with van der Waals surface area (Å²) in [4.78, 5) is 10.3. The molecule has 1 aliphatic heterocycles. The van der Waals surface area contributed by atoms with Crippen LogP contribution >= 0.6 is 0 Å². The summed E-state index contributed by atoms with van der Waals surface area (Å²) in [7, 11) is 0. The zero-order valence-electron chi connectivity index (χ0n) is 19.2. The summed E-state index contributed by atoms with van der Waals surface area (Å²) < 4.78 is 6.19. The third-order valence-corrected chi connectivity index (χ3v) is 6.07. The highest BCUT2D eigenvalue weighted by molar-refractivity contribution is 5.65. The van der Waals surface area contributed by atoms with Crippen LogP contribution < -0.4 is 0 Å². The number of hydrogen-bond acceptors (Lipinski definition) is 3. The number of ether oxygens (including phenoxy) is 1. The number of allylic oxidation sites excluding steroid dienone is 13. The van der Waals surface area contributed by atoms with E-state index >= 15 is 0 Å². The number of rotatable bonds is 8. The minimum atomic E-state index is -0.287. The van der Waals surface area contributed by atoms with Crippen LogP contribution in [0.25, 0.3) is 0 Å². The average Bonchev–Trinajstić information content (AvgIpc) is 3.27. The Hall–Kier alpha value is -2.23. The molecule has 0 radical (unpaired) electrons. The predicted octanol–water partition coefficient (Wildman–Crippen LogP) is 5.96. The van der Waals surface area contributed by atoms with Gasteiger partial charge in [-0.05, 0) is 46.3 Å². The highest BCUT2D eigenvalue weighted by atomic mass is 16.6.